The second-order valence-electron chi connectivity index (χ2n) is 7.94. The predicted octanol–water partition coefficient (Wildman–Crippen LogP) is 2.82. The molecule has 0 fully saturated rings. The van der Waals surface area contributed by atoms with Crippen LogP contribution in [0.3, 0.4) is 0 Å². The van der Waals surface area contributed by atoms with Crippen LogP contribution in [0, 0.1) is 24.2 Å². The van der Waals surface area contributed by atoms with Crippen LogP contribution in [0.1, 0.15) is 47.3 Å². The van der Waals surface area contributed by atoms with E-state index in [9.17, 15) is 19.5 Å². The van der Waals surface area contributed by atoms with Gasteiger partial charge in [-0.3, -0.25) is 9.59 Å². The number of hydrogen-bond donors (Lipinski definition) is 3. The standard InChI is InChI=1S/C24H27N3O4/c1-15(2)11-21(24(30)31)27-23(29)20(13-17-9-7-16(3)8-10-17)26-22(28)19-6-4-5-18(12-19)14-25/h4-10,12,15,20-21H,11,13H2,1-3H3,(H,26,28)(H,27,29)(H,30,31). The molecule has 2 rings (SSSR count). The van der Waals surface area contributed by atoms with E-state index < -0.39 is 29.9 Å². The number of carboxylic acid groups (broad SMARTS) is 1. The van der Waals surface area contributed by atoms with Gasteiger partial charge in [-0.05, 0) is 43.0 Å². The number of hydrogen-bond acceptors (Lipinski definition) is 4. The second-order valence-corrected chi connectivity index (χ2v) is 7.94. The molecule has 3 N–H and O–H groups in total. The first kappa shape index (κ1) is 23.6. The number of nitrogens with one attached hydrogen (secondary N) is 2. The van der Waals surface area contributed by atoms with Gasteiger partial charge in [0.2, 0.25) is 5.91 Å². The molecule has 162 valence electrons. The summed E-state index contributed by atoms with van der Waals surface area (Å²) in [5.41, 5.74) is 2.46. The fourth-order valence-corrected chi connectivity index (χ4v) is 3.11. The van der Waals surface area contributed by atoms with Crippen molar-refractivity contribution in [3.8, 4) is 6.07 Å². The predicted molar refractivity (Wildman–Crippen MR) is 116 cm³/mol. The number of amides is 2. The highest BCUT2D eigenvalue weighted by molar-refractivity contribution is 5.98. The van der Waals surface area contributed by atoms with Gasteiger partial charge in [0.25, 0.3) is 5.91 Å². The first-order chi connectivity index (χ1) is 14.7. The number of rotatable bonds is 9. The molecule has 2 amide bonds. The Morgan fingerprint density at radius 1 is 1.03 bits per heavy atom. The number of nitriles is 1. The molecule has 0 bridgehead atoms. The Bertz CT molecular complexity index is 977. The van der Waals surface area contributed by atoms with Gasteiger partial charge in [-0.25, -0.2) is 4.79 Å². The zero-order valence-electron chi connectivity index (χ0n) is 17.9. The zero-order valence-corrected chi connectivity index (χ0v) is 17.9. The minimum atomic E-state index is -1.12. The molecule has 0 spiro atoms. The Morgan fingerprint density at radius 2 is 1.71 bits per heavy atom. The average Bonchev–Trinajstić information content (AvgIpc) is 2.73. The molecule has 0 radical (unpaired) electrons. The second kappa shape index (κ2) is 10.9. The highest BCUT2D eigenvalue weighted by atomic mass is 16.4. The Morgan fingerprint density at radius 3 is 2.29 bits per heavy atom. The quantitative estimate of drug-likeness (QED) is 0.575. The van der Waals surface area contributed by atoms with E-state index in [1.54, 1.807) is 18.2 Å². The van der Waals surface area contributed by atoms with E-state index in [0.717, 1.165) is 11.1 Å². The molecule has 0 aliphatic heterocycles. The molecule has 2 aromatic rings. The van der Waals surface area contributed by atoms with Gasteiger partial charge in [0.15, 0.2) is 0 Å². The minimum absolute atomic E-state index is 0.0697. The van der Waals surface area contributed by atoms with Crippen molar-refractivity contribution < 1.29 is 19.5 Å². The molecular formula is C24H27N3O4. The molecule has 2 aromatic carbocycles. The molecule has 2 unspecified atom stereocenters. The lowest BCUT2D eigenvalue weighted by atomic mass is 10.0. The molecule has 0 saturated heterocycles. The molecule has 0 aromatic heterocycles. The van der Waals surface area contributed by atoms with Crippen LogP contribution in [-0.4, -0.2) is 35.0 Å². The van der Waals surface area contributed by atoms with Crippen molar-refractivity contribution in [3.63, 3.8) is 0 Å². The summed E-state index contributed by atoms with van der Waals surface area (Å²) >= 11 is 0. The minimum Gasteiger partial charge on any atom is -0.480 e. The van der Waals surface area contributed by atoms with E-state index in [1.807, 2.05) is 51.1 Å². The van der Waals surface area contributed by atoms with Crippen molar-refractivity contribution in [2.75, 3.05) is 0 Å². The Kier molecular flexibility index (Phi) is 8.33. The van der Waals surface area contributed by atoms with Crippen molar-refractivity contribution in [2.45, 2.75) is 45.7 Å². The number of carbonyl (C=O) groups is 3. The van der Waals surface area contributed by atoms with Crippen LogP contribution in [0.5, 0.6) is 0 Å². The summed E-state index contributed by atoms with van der Waals surface area (Å²) in [4.78, 5) is 37.3. The van der Waals surface area contributed by atoms with E-state index in [2.05, 4.69) is 10.6 Å². The zero-order chi connectivity index (χ0) is 23.0. The Hall–Kier alpha value is -3.66. The molecule has 2 atom stereocenters. The van der Waals surface area contributed by atoms with Crippen LogP contribution in [-0.2, 0) is 16.0 Å². The summed E-state index contributed by atoms with van der Waals surface area (Å²) in [5.74, 6) is -2.14. The smallest absolute Gasteiger partial charge is 0.326 e. The number of aliphatic carboxylic acids is 1. The maximum absolute atomic E-state index is 13.0. The third-order valence-corrected chi connectivity index (χ3v) is 4.76. The molecular weight excluding hydrogens is 394 g/mol. The molecule has 31 heavy (non-hydrogen) atoms. The topological polar surface area (TPSA) is 119 Å². The van der Waals surface area contributed by atoms with Crippen LogP contribution < -0.4 is 10.6 Å². The van der Waals surface area contributed by atoms with E-state index in [-0.39, 0.29) is 24.3 Å². The highest BCUT2D eigenvalue weighted by Gasteiger charge is 2.27. The van der Waals surface area contributed by atoms with Crippen molar-refractivity contribution in [1.82, 2.24) is 10.6 Å². The number of carbonyl (C=O) groups excluding carboxylic acids is 2. The monoisotopic (exact) mass is 421 g/mol. The van der Waals surface area contributed by atoms with Gasteiger partial charge >= 0.3 is 5.97 Å². The molecule has 0 heterocycles. The molecule has 0 saturated carbocycles. The van der Waals surface area contributed by atoms with E-state index >= 15 is 0 Å². The van der Waals surface area contributed by atoms with Crippen LogP contribution >= 0.6 is 0 Å². The molecule has 7 nitrogen and oxygen atoms in total. The fraction of sp³-hybridized carbons (Fsp3) is 0.333. The Labute approximate surface area is 182 Å². The first-order valence-corrected chi connectivity index (χ1v) is 10.1. The summed E-state index contributed by atoms with van der Waals surface area (Å²) in [6.07, 6.45) is 0.473. The number of carboxylic acids is 1. The first-order valence-electron chi connectivity index (χ1n) is 10.1. The molecule has 7 heteroatoms. The SMILES string of the molecule is Cc1ccc(CC(NC(=O)c2cccc(C#N)c2)C(=O)NC(CC(C)C)C(=O)O)cc1. The lowest BCUT2D eigenvalue weighted by molar-refractivity contribution is -0.142. The molecule has 0 aliphatic rings. The Balaban J connectivity index is 2.25. The van der Waals surface area contributed by atoms with Crippen LogP contribution in [0.4, 0.5) is 0 Å². The van der Waals surface area contributed by atoms with Crippen LogP contribution in [0.25, 0.3) is 0 Å². The van der Waals surface area contributed by atoms with Gasteiger partial charge in [-0.15, -0.1) is 0 Å². The largest absolute Gasteiger partial charge is 0.480 e. The van der Waals surface area contributed by atoms with E-state index in [4.69, 9.17) is 5.26 Å². The third-order valence-electron chi connectivity index (χ3n) is 4.76. The summed E-state index contributed by atoms with van der Waals surface area (Å²) in [7, 11) is 0. The molecule has 0 aliphatic carbocycles. The van der Waals surface area contributed by atoms with Crippen molar-refractivity contribution in [3.05, 3.63) is 70.8 Å². The summed E-state index contributed by atoms with van der Waals surface area (Å²) < 4.78 is 0. The number of benzene rings is 2. The van der Waals surface area contributed by atoms with Gasteiger partial charge in [0.05, 0.1) is 11.6 Å². The van der Waals surface area contributed by atoms with Gasteiger partial charge in [0.1, 0.15) is 12.1 Å². The highest BCUT2D eigenvalue weighted by Crippen LogP contribution is 2.11. The van der Waals surface area contributed by atoms with Gasteiger partial charge in [-0.2, -0.15) is 5.26 Å². The lowest BCUT2D eigenvalue weighted by Crippen LogP contribution is -2.52. The van der Waals surface area contributed by atoms with Crippen LogP contribution in [0.15, 0.2) is 48.5 Å². The maximum Gasteiger partial charge on any atom is 0.326 e. The van der Waals surface area contributed by atoms with Gasteiger partial charge in [-0.1, -0.05) is 49.7 Å². The third kappa shape index (κ3) is 7.27. The number of aryl methyl sites for hydroxylation is 1. The van der Waals surface area contributed by atoms with Crippen molar-refractivity contribution >= 4 is 17.8 Å². The fourth-order valence-electron chi connectivity index (χ4n) is 3.11. The lowest BCUT2D eigenvalue weighted by Gasteiger charge is -2.22. The summed E-state index contributed by atoms with van der Waals surface area (Å²) in [6, 6.07) is 13.6. The number of nitrogens with zero attached hydrogens (tertiary/aromatic N) is 1. The maximum atomic E-state index is 13.0. The van der Waals surface area contributed by atoms with Gasteiger partial charge < -0.3 is 15.7 Å². The van der Waals surface area contributed by atoms with Crippen LogP contribution in [0.2, 0.25) is 0 Å². The summed E-state index contributed by atoms with van der Waals surface area (Å²) in [6.45, 7) is 5.69. The van der Waals surface area contributed by atoms with E-state index in [0.29, 0.717) is 5.56 Å². The summed E-state index contributed by atoms with van der Waals surface area (Å²) in [5, 5.41) is 23.8. The van der Waals surface area contributed by atoms with Crippen molar-refractivity contribution in [2.24, 2.45) is 5.92 Å². The average molecular weight is 421 g/mol. The van der Waals surface area contributed by atoms with Gasteiger partial charge in [0, 0.05) is 12.0 Å². The van der Waals surface area contributed by atoms with E-state index in [1.165, 1.54) is 6.07 Å². The normalized spacial score (nSPS) is 12.5. The van der Waals surface area contributed by atoms with Crippen molar-refractivity contribution in [1.29, 1.82) is 5.26 Å².